The van der Waals surface area contributed by atoms with E-state index in [1.165, 1.54) is 164 Å². The van der Waals surface area contributed by atoms with E-state index >= 15 is 0 Å². The second-order valence-corrected chi connectivity index (χ2v) is 33.1. The van der Waals surface area contributed by atoms with Crippen LogP contribution in [-0.2, 0) is 0 Å². The fourth-order valence-corrected chi connectivity index (χ4v) is 22.0. The van der Waals surface area contributed by atoms with Crippen molar-refractivity contribution in [2.75, 3.05) is 0 Å². The number of thiophene rings is 4. The quantitative estimate of drug-likeness (QED) is 0.142. The molecule has 7 heterocycles. The van der Waals surface area contributed by atoms with E-state index < -0.39 is 0 Å². The molecule has 0 fully saturated rings. The first kappa shape index (κ1) is 67.2. The highest BCUT2D eigenvalue weighted by Crippen LogP contribution is 2.49. The van der Waals surface area contributed by atoms with E-state index in [2.05, 4.69) is 368 Å². The number of hydrogen-bond donors (Lipinski definition) is 0. The Morgan fingerprint density at radius 3 is 0.868 bits per heavy atom. The Labute approximate surface area is 672 Å². The molecule has 0 radical (unpaired) electrons. The molecule has 532 valence electrons. The Bertz CT molecular complexity index is 7500. The topological polar surface area (TPSA) is 51.6 Å². The summed E-state index contributed by atoms with van der Waals surface area (Å²) in [6.07, 6.45) is 5.67. The van der Waals surface area contributed by atoms with Gasteiger partial charge in [0.2, 0.25) is 0 Å². The van der Waals surface area contributed by atoms with Crippen LogP contribution in [0.3, 0.4) is 0 Å². The average molecular weight is 1520 g/mol. The third kappa shape index (κ3) is 11.7. The molecule has 4 nitrogen and oxygen atoms in total. The molecular weight excluding hydrogens is 1460 g/mol. The summed E-state index contributed by atoms with van der Waals surface area (Å²) in [5.41, 5.74) is 23.0. The van der Waals surface area contributed by atoms with Crippen molar-refractivity contribution in [2.24, 2.45) is 0 Å². The monoisotopic (exact) mass is 1520 g/mol. The average Bonchev–Trinajstić information content (AvgIpc) is 1.34. The summed E-state index contributed by atoms with van der Waals surface area (Å²) in [6.45, 7) is 0. The van der Waals surface area contributed by atoms with Crippen molar-refractivity contribution in [1.29, 1.82) is 0 Å². The Morgan fingerprint density at radius 2 is 0.456 bits per heavy atom. The lowest BCUT2D eigenvalue weighted by molar-refractivity contribution is 1.31. The lowest BCUT2D eigenvalue weighted by atomic mass is 9.92. The SMILES string of the molecule is c1cc(-c2cccc(-c3cccc4c3sc3ccccc34)c2)cc(-c2cnc3c4ccccc4c4ccccc4c3n2)c1.c1ccc(-c2ccnc3c2ccc2c(-c4ccccc4)ccnc23)cc1.c1ccc2c(c1)sc1c(-c3cc(-c4cccc5c4sc4ccccc45)cc(-c4cccc5c4sc4ccccc45)c3)cccc12. The maximum Gasteiger partial charge on any atom is 0.0979 e. The fourth-order valence-electron chi connectivity index (χ4n) is 17.0. The molecule has 0 aliphatic heterocycles. The van der Waals surface area contributed by atoms with Gasteiger partial charge in [0.15, 0.2) is 0 Å². The van der Waals surface area contributed by atoms with Gasteiger partial charge in [0.25, 0.3) is 0 Å². The zero-order chi connectivity index (χ0) is 75.2. The summed E-state index contributed by atoms with van der Waals surface area (Å²) in [5.74, 6) is 0. The molecular formula is C106H64N4S4. The smallest absolute Gasteiger partial charge is 0.0979 e. The fraction of sp³-hybridized carbons (Fsp3) is 0. The van der Waals surface area contributed by atoms with Gasteiger partial charge in [0, 0.05) is 120 Å². The minimum absolute atomic E-state index is 0.876. The van der Waals surface area contributed by atoms with Crippen LogP contribution in [0.15, 0.2) is 389 Å². The summed E-state index contributed by atoms with van der Waals surface area (Å²) in [7, 11) is 0. The minimum Gasteiger partial charge on any atom is -0.254 e. The Morgan fingerprint density at radius 1 is 0.167 bits per heavy atom. The van der Waals surface area contributed by atoms with Crippen molar-refractivity contribution in [3.05, 3.63) is 389 Å². The molecule has 0 N–H and O–H groups in total. The van der Waals surface area contributed by atoms with Gasteiger partial charge < -0.3 is 0 Å². The number of nitrogens with zero attached hydrogens (tertiary/aromatic N) is 4. The first-order chi connectivity index (χ1) is 56.5. The van der Waals surface area contributed by atoms with Crippen molar-refractivity contribution in [2.45, 2.75) is 0 Å². The lowest BCUT2D eigenvalue weighted by Gasteiger charge is -2.13. The van der Waals surface area contributed by atoms with Gasteiger partial charge in [0.05, 0.1) is 34.0 Å². The van der Waals surface area contributed by atoms with Gasteiger partial charge in [0.1, 0.15) is 0 Å². The molecule has 0 aliphatic carbocycles. The number of pyridine rings is 2. The van der Waals surface area contributed by atoms with Gasteiger partial charge >= 0.3 is 0 Å². The van der Waals surface area contributed by atoms with E-state index in [0.29, 0.717) is 0 Å². The molecule has 0 saturated heterocycles. The first-order valence-electron chi connectivity index (χ1n) is 38.4. The highest BCUT2D eigenvalue weighted by Gasteiger charge is 2.21. The van der Waals surface area contributed by atoms with E-state index in [-0.39, 0.29) is 0 Å². The first-order valence-corrected chi connectivity index (χ1v) is 41.6. The van der Waals surface area contributed by atoms with Crippen LogP contribution in [0.2, 0.25) is 0 Å². The van der Waals surface area contributed by atoms with E-state index in [1.807, 2.05) is 76.1 Å². The molecule has 24 rings (SSSR count). The molecule has 8 heteroatoms. The van der Waals surface area contributed by atoms with E-state index in [0.717, 1.165) is 60.4 Å². The largest absolute Gasteiger partial charge is 0.254 e. The van der Waals surface area contributed by atoms with Crippen LogP contribution in [0.5, 0.6) is 0 Å². The number of hydrogen-bond acceptors (Lipinski definition) is 8. The summed E-state index contributed by atoms with van der Waals surface area (Å²) in [4.78, 5) is 19.5. The van der Waals surface area contributed by atoms with Crippen LogP contribution >= 0.6 is 45.3 Å². The number of rotatable bonds is 8. The van der Waals surface area contributed by atoms with Gasteiger partial charge in [-0.05, 0) is 155 Å². The third-order valence-corrected chi connectivity index (χ3v) is 27.2. The van der Waals surface area contributed by atoms with Gasteiger partial charge in [-0.2, -0.15) is 0 Å². The van der Waals surface area contributed by atoms with E-state index in [9.17, 15) is 0 Å². The molecule has 0 amide bonds. The van der Waals surface area contributed by atoms with Crippen molar-refractivity contribution >= 4 is 180 Å². The van der Waals surface area contributed by atoms with Crippen LogP contribution in [0.1, 0.15) is 0 Å². The van der Waals surface area contributed by atoms with Crippen LogP contribution in [0, 0.1) is 0 Å². The zero-order valence-corrected chi connectivity index (χ0v) is 64.6. The molecule has 0 spiro atoms. The highest BCUT2D eigenvalue weighted by atomic mass is 32.1. The molecule has 7 aromatic heterocycles. The number of fused-ring (bicyclic) bond motifs is 21. The highest BCUT2D eigenvalue weighted by molar-refractivity contribution is 7.27. The molecule has 0 atom stereocenters. The third-order valence-electron chi connectivity index (χ3n) is 22.4. The van der Waals surface area contributed by atoms with Crippen molar-refractivity contribution in [3.8, 4) is 89.1 Å². The van der Waals surface area contributed by atoms with E-state index in [4.69, 9.17) is 9.97 Å². The van der Waals surface area contributed by atoms with Crippen molar-refractivity contribution in [1.82, 2.24) is 19.9 Å². The van der Waals surface area contributed by atoms with Crippen LogP contribution in [0.4, 0.5) is 0 Å². The summed E-state index contributed by atoms with van der Waals surface area (Å²) in [6, 6.07) is 133. The molecule has 0 aliphatic rings. The predicted molar refractivity (Wildman–Crippen MR) is 493 cm³/mol. The lowest BCUT2D eigenvalue weighted by Crippen LogP contribution is -1.92. The Kier molecular flexibility index (Phi) is 16.7. The van der Waals surface area contributed by atoms with Gasteiger partial charge in [-0.15, -0.1) is 45.3 Å². The molecule has 0 saturated carbocycles. The summed E-state index contributed by atoms with van der Waals surface area (Å²) >= 11 is 7.58. The van der Waals surface area contributed by atoms with Crippen molar-refractivity contribution in [3.63, 3.8) is 0 Å². The standard InChI is InChI=1S/C42H24S3.C40H24N2S.C24H16N2/c1-4-19-37-31(10-1)34-16-7-13-28(40(34)43-37)25-22-26(29-14-8-17-35-32-11-2-5-20-38(32)44-41(29)35)24-27(23-25)30-15-9-18-36-33-12-3-6-21-39(33)45-42(30)36;1-3-17-33-30(14-1)31-15-2-4-18-34(31)39-38(33)41-24-36(42-39)28-13-8-11-26(23-28)25-10-7-12-27(22-25)29-19-9-20-35-32-16-5-6-21-37(32)43-40(29)35;1-3-7-17(8-4-1)19-13-15-25-23-21(19)11-12-22-20(14-16-26-24(22)23)18-9-5-2-6-10-18/h1-24H;1-24H;1-16H. The van der Waals surface area contributed by atoms with Crippen LogP contribution in [-0.4, -0.2) is 19.9 Å². The summed E-state index contributed by atoms with van der Waals surface area (Å²) in [5, 5.41) is 17.6. The van der Waals surface area contributed by atoms with Crippen LogP contribution < -0.4 is 0 Å². The van der Waals surface area contributed by atoms with Gasteiger partial charge in [-0.25, -0.2) is 4.98 Å². The molecule has 0 bridgehead atoms. The van der Waals surface area contributed by atoms with Crippen LogP contribution in [0.25, 0.3) is 224 Å². The molecule has 17 aromatic carbocycles. The number of benzene rings is 17. The molecule has 114 heavy (non-hydrogen) atoms. The van der Waals surface area contributed by atoms with Gasteiger partial charge in [-0.3, -0.25) is 15.0 Å². The maximum atomic E-state index is 5.22. The van der Waals surface area contributed by atoms with E-state index in [1.54, 1.807) is 0 Å². The Balaban J connectivity index is 0.000000108. The second-order valence-electron chi connectivity index (χ2n) is 28.9. The second kappa shape index (κ2) is 28.2. The zero-order valence-electron chi connectivity index (χ0n) is 61.4. The molecule has 0 unspecified atom stereocenters. The minimum atomic E-state index is 0.876. The maximum absolute atomic E-state index is 5.22. The van der Waals surface area contributed by atoms with Gasteiger partial charge in [-0.1, -0.05) is 303 Å². The summed E-state index contributed by atoms with van der Waals surface area (Å²) < 4.78 is 10.7. The normalized spacial score (nSPS) is 11.7. The predicted octanol–water partition coefficient (Wildman–Crippen LogP) is 31.2. The number of aromatic nitrogens is 4. The Hall–Kier alpha value is -13.7. The van der Waals surface area contributed by atoms with Crippen molar-refractivity contribution < 1.29 is 0 Å². The molecule has 24 aromatic rings.